The average Bonchev–Trinajstić information content (AvgIpc) is 2.30. The lowest BCUT2D eigenvalue weighted by Crippen LogP contribution is -2.36. The number of ether oxygens (including phenoxy) is 1. The van der Waals surface area contributed by atoms with E-state index in [1.807, 2.05) is 0 Å². The Bertz CT molecular complexity index is 371. The summed E-state index contributed by atoms with van der Waals surface area (Å²) in [5.74, 6) is 0.318. The Morgan fingerprint density at radius 1 is 1.39 bits per heavy atom. The van der Waals surface area contributed by atoms with E-state index in [0.717, 1.165) is 24.0 Å². The first-order valence-corrected chi connectivity index (χ1v) is 7.16. The largest absolute Gasteiger partial charge is 0.486 e. The Morgan fingerprint density at radius 2 is 2.11 bits per heavy atom. The molecule has 0 amide bonds. The molecule has 0 aliphatic carbocycles. The van der Waals surface area contributed by atoms with Crippen LogP contribution in [-0.2, 0) is 0 Å². The zero-order valence-electron chi connectivity index (χ0n) is 11.2. The van der Waals surface area contributed by atoms with Gasteiger partial charge in [0.25, 0.3) is 0 Å². The Hall–Kier alpha value is -0.610. The molecule has 0 radical (unpaired) electrons. The highest BCUT2D eigenvalue weighted by Gasteiger charge is 2.16. The van der Waals surface area contributed by atoms with Gasteiger partial charge >= 0.3 is 0 Å². The molecule has 4 heteroatoms. The number of halogens is 2. The van der Waals surface area contributed by atoms with Crippen LogP contribution in [0.15, 0.2) is 22.7 Å². The normalized spacial score (nSPS) is 12.8. The highest BCUT2D eigenvalue weighted by molar-refractivity contribution is 9.10. The molecule has 0 aromatic heterocycles. The van der Waals surface area contributed by atoms with Gasteiger partial charge in [0.1, 0.15) is 6.10 Å². The highest BCUT2D eigenvalue weighted by atomic mass is 79.9. The first-order valence-electron chi connectivity index (χ1n) is 6.37. The maximum Gasteiger partial charge on any atom is 0.166 e. The van der Waals surface area contributed by atoms with Crippen LogP contribution in [0.4, 0.5) is 4.39 Å². The standard InChI is InChI=1S/C14H21BrFNO/c1-4-7-17-9-14(10(2)3)18-13-6-5-11(15)8-12(13)16/h5-6,8,10,14,17H,4,7,9H2,1-3H3. The molecule has 1 aromatic rings. The monoisotopic (exact) mass is 317 g/mol. The minimum atomic E-state index is -0.328. The van der Waals surface area contributed by atoms with Gasteiger partial charge in [-0.25, -0.2) is 4.39 Å². The van der Waals surface area contributed by atoms with Crippen LogP contribution in [0.3, 0.4) is 0 Å². The van der Waals surface area contributed by atoms with Crippen molar-refractivity contribution in [1.29, 1.82) is 0 Å². The van der Waals surface area contributed by atoms with Crippen molar-refractivity contribution in [2.75, 3.05) is 13.1 Å². The highest BCUT2D eigenvalue weighted by Crippen LogP contribution is 2.23. The van der Waals surface area contributed by atoms with Crippen molar-refractivity contribution in [2.45, 2.75) is 33.3 Å². The van der Waals surface area contributed by atoms with Crippen molar-refractivity contribution in [3.63, 3.8) is 0 Å². The van der Waals surface area contributed by atoms with E-state index in [2.05, 4.69) is 42.0 Å². The van der Waals surface area contributed by atoms with Gasteiger partial charge in [0, 0.05) is 11.0 Å². The van der Waals surface area contributed by atoms with Crippen LogP contribution < -0.4 is 10.1 Å². The van der Waals surface area contributed by atoms with Gasteiger partial charge in [-0.15, -0.1) is 0 Å². The quantitative estimate of drug-likeness (QED) is 0.768. The molecule has 1 atom stereocenters. The topological polar surface area (TPSA) is 21.3 Å². The van der Waals surface area contributed by atoms with Crippen molar-refractivity contribution in [1.82, 2.24) is 5.32 Å². The summed E-state index contributed by atoms with van der Waals surface area (Å²) in [5, 5.41) is 3.31. The van der Waals surface area contributed by atoms with E-state index < -0.39 is 0 Å². The smallest absolute Gasteiger partial charge is 0.166 e. The molecule has 0 aliphatic rings. The number of nitrogens with one attached hydrogen (secondary N) is 1. The van der Waals surface area contributed by atoms with Crippen LogP contribution in [0.5, 0.6) is 5.75 Å². The third-order valence-electron chi connectivity index (χ3n) is 2.69. The van der Waals surface area contributed by atoms with E-state index in [4.69, 9.17) is 4.74 Å². The third kappa shape index (κ3) is 4.94. The predicted molar refractivity (Wildman–Crippen MR) is 76.5 cm³/mol. The summed E-state index contributed by atoms with van der Waals surface area (Å²) < 4.78 is 20.2. The van der Waals surface area contributed by atoms with Crippen molar-refractivity contribution < 1.29 is 9.13 Å². The second-order valence-corrected chi connectivity index (χ2v) is 5.59. The van der Waals surface area contributed by atoms with Gasteiger partial charge in [-0.05, 0) is 37.1 Å². The summed E-state index contributed by atoms with van der Waals surface area (Å²) in [7, 11) is 0. The Morgan fingerprint density at radius 3 is 2.67 bits per heavy atom. The first-order chi connectivity index (χ1) is 8.54. The fourth-order valence-electron chi connectivity index (χ4n) is 1.57. The molecule has 2 nitrogen and oxygen atoms in total. The zero-order chi connectivity index (χ0) is 13.5. The molecule has 0 heterocycles. The number of hydrogen-bond donors (Lipinski definition) is 1. The van der Waals surface area contributed by atoms with Crippen LogP contribution in [0, 0.1) is 11.7 Å². The lowest BCUT2D eigenvalue weighted by molar-refractivity contribution is 0.143. The molecule has 0 saturated carbocycles. The van der Waals surface area contributed by atoms with E-state index in [1.54, 1.807) is 12.1 Å². The van der Waals surface area contributed by atoms with E-state index >= 15 is 0 Å². The van der Waals surface area contributed by atoms with E-state index in [1.165, 1.54) is 6.07 Å². The average molecular weight is 318 g/mol. The Balaban J connectivity index is 2.64. The lowest BCUT2D eigenvalue weighted by atomic mass is 10.1. The molecule has 1 unspecified atom stereocenters. The molecule has 0 spiro atoms. The van der Waals surface area contributed by atoms with Gasteiger partial charge < -0.3 is 10.1 Å². The first kappa shape index (κ1) is 15.4. The summed E-state index contributed by atoms with van der Waals surface area (Å²) >= 11 is 3.23. The molecular formula is C14H21BrFNO. The van der Waals surface area contributed by atoms with Crippen molar-refractivity contribution in [3.05, 3.63) is 28.5 Å². The van der Waals surface area contributed by atoms with E-state index in [9.17, 15) is 4.39 Å². The Kier molecular flexibility index (Phi) is 6.65. The van der Waals surface area contributed by atoms with Crippen LogP contribution in [0.1, 0.15) is 27.2 Å². The second-order valence-electron chi connectivity index (χ2n) is 4.68. The van der Waals surface area contributed by atoms with Crippen LogP contribution in [-0.4, -0.2) is 19.2 Å². The van der Waals surface area contributed by atoms with Crippen molar-refractivity contribution in [3.8, 4) is 5.75 Å². The van der Waals surface area contributed by atoms with Crippen LogP contribution in [0.25, 0.3) is 0 Å². The van der Waals surface area contributed by atoms with Gasteiger partial charge in [-0.2, -0.15) is 0 Å². The van der Waals surface area contributed by atoms with Gasteiger partial charge in [0.05, 0.1) is 0 Å². The van der Waals surface area contributed by atoms with Crippen molar-refractivity contribution >= 4 is 15.9 Å². The predicted octanol–water partition coefficient (Wildman–Crippen LogP) is 3.99. The van der Waals surface area contributed by atoms with Gasteiger partial charge in [-0.3, -0.25) is 0 Å². The van der Waals surface area contributed by atoms with Crippen LogP contribution >= 0.6 is 15.9 Å². The summed E-state index contributed by atoms with van der Waals surface area (Å²) in [6.45, 7) is 7.97. The maximum atomic E-state index is 13.7. The SMILES string of the molecule is CCCNCC(Oc1ccc(Br)cc1F)C(C)C. The molecule has 0 bridgehead atoms. The zero-order valence-corrected chi connectivity index (χ0v) is 12.8. The summed E-state index contributed by atoms with van der Waals surface area (Å²) in [5.41, 5.74) is 0. The fraction of sp³-hybridized carbons (Fsp3) is 0.571. The minimum Gasteiger partial charge on any atom is -0.486 e. The molecule has 1 rings (SSSR count). The molecular weight excluding hydrogens is 297 g/mol. The van der Waals surface area contributed by atoms with E-state index in [0.29, 0.717) is 11.7 Å². The lowest BCUT2D eigenvalue weighted by Gasteiger charge is -2.23. The second kappa shape index (κ2) is 7.74. The number of hydrogen-bond acceptors (Lipinski definition) is 2. The summed E-state index contributed by atoms with van der Waals surface area (Å²) in [6, 6.07) is 4.87. The number of rotatable bonds is 7. The summed E-state index contributed by atoms with van der Waals surface area (Å²) in [4.78, 5) is 0. The molecule has 0 fully saturated rings. The Labute approximate surface area is 117 Å². The molecule has 0 aliphatic heterocycles. The van der Waals surface area contributed by atoms with Crippen LogP contribution in [0.2, 0.25) is 0 Å². The van der Waals surface area contributed by atoms with Gasteiger partial charge in [-0.1, -0.05) is 36.7 Å². The molecule has 1 N–H and O–H groups in total. The molecule has 18 heavy (non-hydrogen) atoms. The molecule has 102 valence electrons. The van der Waals surface area contributed by atoms with E-state index in [-0.39, 0.29) is 11.9 Å². The van der Waals surface area contributed by atoms with Gasteiger partial charge in [0.15, 0.2) is 11.6 Å². The van der Waals surface area contributed by atoms with Crippen molar-refractivity contribution in [2.24, 2.45) is 5.92 Å². The van der Waals surface area contributed by atoms with Gasteiger partial charge in [0.2, 0.25) is 0 Å². The third-order valence-corrected chi connectivity index (χ3v) is 3.18. The maximum absolute atomic E-state index is 13.7. The summed E-state index contributed by atoms with van der Waals surface area (Å²) in [6.07, 6.45) is 1.06. The molecule has 0 saturated heterocycles. The fourth-order valence-corrected chi connectivity index (χ4v) is 1.90. The number of benzene rings is 1. The molecule has 1 aromatic carbocycles. The minimum absolute atomic E-state index is 0.0211.